The molecule has 5 nitrogen and oxygen atoms in total. The van der Waals surface area contributed by atoms with Crippen LogP contribution in [0.1, 0.15) is 50.3 Å². The van der Waals surface area contributed by atoms with Crippen molar-refractivity contribution in [3.05, 3.63) is 11.9 Å². The van der Waals surface area contributed by atoms with E-state index in [-0.39, 0.29) is 6.61 Å². The van der Waals surface area contributed by atoms with Gasteiger partial charge in [0.2, 0.25) is 0 Å². The van der Waals surface area contributed by atoms with Crippen LogP contribution in [0.15, 0.2) is 6.07 Å². The molecular weight excluding hydrogens is 240 g/mol. The number of hydrogen-bond acceptors (Lipinski definition) is 5. The van der Waals surface area contributed by atoms with E-state index in [2.05, 4.69) is 9.88 Å². The minimum absolute atomic E-state index is 0.221. The van der Waals surface area contributed by atoms with Gasteiger partial charge in [0, 0.05) is 31.2 Å². The fourth-order valence-corrected chi connectivity index (χ4v) is 2.57. The molecule has 2 saturated carbocycles. The van der Waals surface area contributed by atoms with Crippen molar-refractivity contribution in [2.45, 2.75) is 50.5 Å². The minimum Gasteiger partial charge on any atom is -0.396 e. The molecular formula is C14H22N4O. The summed E-state index contributed by atoms with van der Waals surface area (Å²) in [4.78, 5) is 11.4. The first kappa shape index (κ1) is 12.7. The quantitative estimate of drug-likeness (QED) is 0.815. The van der Waals surface area contributed by atoms with Crippen molar-refractivity contribution in [1.82, 2.24) is 9.97 Å². The summed E-state index contributed by atoms with van der Waals surface area (Å²) in [7, 11) is 0. The SMILES string of the molecule is Nc1cc(N(CCCO)C2CCC2)nc(C2CC2)n1. The average molecular weight is 262 g/mol. The van der Waals surface area contributed by atoms with Crippen molar-refractivity contribution in [2.75, 3.05) is 23.8 Å². The Balaban J connectivity index is 1.83. The van der Waals surface area contributed by atoms with Gasteiger partial charge in [0.05, 0.1) is 0 Å². The maximum absolute atomic E-state index is 9.06. The van der Waals surface area contributed by atoms with E-state index in [0.29, 0.717) is 17.8 Å². The van der Waals surface area contributed by atoms with E-state index in [1.54, 1.807) is 0 Å². The molecule has 5 heteroatoms. The maximum Gasteiger partial charge on any atom is 0.136 e. The average Bonchev–Trinajstić information content (AvgIpc) is 3.15. The van der Waals surface area contributed by atoms with Crippen LogP contribution in [0.25, 0.3) is 0 Å². The molecule has 1 aromatic rings. The van der Waals surface area contributed by atoms with Crippen LogP contribution in [0, 0.1) is 0 Å². The summed E-state index contributed by atoms with van der Waals surface area (Å²) in [6, 6.07) is 2.44. The van der Waals surface area contributed by atoms with Gasteiger partial charge in [-0.2, -0.15) is 0 Å². The van der Waals surface area contributed by atoms with Gasteiger partial charge in [-0.1, -0.05) is 0 Å². The van der Waals surface area contributed by atoms with Crippen molar-refractivity contribution in [1.29, 1.82) is 0 Å². The summed E-state index contributed by atoms with van der Waals surface area (Å²) in [5, 5.41) is 9.06. The van der Waals surface area contributed by atoms with Crippen molar-refractivity contribution in [3.63, 3.8) is 0 Å². The molecule has 19 heavy (non-hydrogen) atoms. The standard InChI is InChI=1S/C14H22N4O/c15-12-9-13(17-14(16-12)10-5-6-10)18(7-2-8-19)11-3-1-4-11/h9-11,19H,1-8H2,(H2,15,16,17). The van der Waals surface area contributed by atoms with Crippen LogP contribution in [-0.4, -0.2) is 34.3 Å². The van der Waals surface area contributed by atoms with Crippen molar-refractivity contribution >= 4 is 11.6 Å². The fourth-order valence-electron chi connectivity index (χ4n) is 2.57. The highest BCUT2D eigenvalue weighted by molar-refractivity contribution is 5.48. The van der Waals surface area contributed by atoms with Gasteiger partial charge >= 0.3 is 0 Å². The molecule has 0 saturated heterocycles. The number of nitrogen functional groups attached to an aromatic ring is 1. The molecule has 0 aromatic carbocycles. The molecule has 0 radical (unpaired) electrons. The third-order valence-electron chi connectivity index (χ3n) is 4.06. The van der Waals surface area contributed by atoms with E-state index in [1.165, 1.54) is 32.1 Å². The summed E-state index contributed by atoms with van der Waals surface area (Å²) in [5.74, 6) is 2.94. The van der Waals surface area contributed by atoms with Crippen LogP contribution in [-0.2, 0) is 0 Å². The number of nitrogens with zero attached hydrogens (tertiary/aromatic N) is 3. The lowest BCUT2D eigenvalue weighted by Crippen LogP contribution is -2.41. The van der Waals surface area contributed by atoms with Gasteiger partial charge in [-0.25, -0.2) is 9.97 Å². The predicted octanol–water partition coefficient (Wildman–Crippen LogP) is 1.68. The van der Waals surface area contributed by atoms with Gasteiger partial charge in [0.25, 0.3) is 0 Å². The van der Waals surface area contributed by atoms with E-state index < -0.39 is 0 Å². The molecule has 0 spiro atoms. The minimum atomic E-state index is 0.221. The largest absolute Gasteiger partial charge is 0.396 e. The zero-order chi connectivity index (χ0) is 13.2. The Hall–Kier alpha value is -1.36. The van der Waals surface area contributed by atoms with Crippen LogP contribution in [0.4, 0.5) is 11.6 Å². The van der Waals surface area contributed by atoms with Gasteiger partial charge in [-0.05, 0) is 38.5 Å². The highest BCUT2D eigenvalue weighted by Crippen LogP contribution is 2.39. The summed E-state index contributed by atoms with van der Waals surface area (Å²) in [6.07, 6.45) is 6.86. The predicted molar refractivity (Wildman–Crippen MR) is 75.1 cm³/mol. The lowest BCUT2D eigenvalue weighted by atomic mass is 9.91. The van der Waals surface area contributed by atoms with E-state index >= 15 is 0 Å². The Kier molecular flexibility index (Phi) is 3.55. The Morgan fingerprint density at radius 2 is 2.05 bits per heavy atom. The number of rotatable bonds is 6. The Morgan fingerprint density at radius 1 is 1.26 bits per heavy atom. The lowest BCUT2D eigenvalue weighted by molar-refractivity contribution is 0.282. The normalized spacial score (nSPS) is 19.2. The number of aromatic nitrogens is 2. The topological polar surface area (TPSA) is 75.3 Å². The third kappa shape index (κ3) is 2.81. The van der Waals surface area contributed by atoms with Gasteiger partial charge in [-0.15, -0.1) is 0 Å². The number of aliphatic hydroxyl groups excluding tert-OH is 1. The summed E-state index contributed by atoms with van der Waals surface area (Å²) in [5.41, 5.74) is 5.92. The third-order valence-corrected chi connectivity index (χ3v) is 4.06. The number of hydrogen-bond donors (Lipinski definition) is 2. The van der Waals surface area contributed by atoms with Crippen LogP contribution in [0.2, 0.25) is 0 Å². The zero-order valence-corrected chi connectivity index (χ0v) is 11.3. The molecule has 0 aliphatic heterocycles. The number of aliphatic hydroxyl groups is 1. The molecule has 1 heterocycles. The van der Waals surface area contributed by atoms with Crippen LogP contribution in [0.5, 0.6) is 0 Å². The monoisotopic (exact) mass is 262 g/mol. The van der Waals surface area contributed by atoms with Crippen molar-refractivity contribution < 1.29 is 5.11 Å². The van der Waals surface area contributed by atoms with Gasteiger partial charge in [0.15, 0.2) is 0 Å². The molecule has 2 aliphatic rings. The molecule has 0 atom stereocenters. The summed E-state index contributed by atoms with van der Waals surface area (Å²) in [6.45, 7) is 1.07. The van der Waals surface area contributed by atoms with E-state index in [0.717, 1.165) is 24.6 Å². The molecule has 1 aromatic heterocycles. The van der Waals surface area contributed by atoms with Crippen LogP contribution >= 0.6 is 0 Å². The molecule has 0 unspecified atom stereocenters. The van der Waals surface area contributed by atoms with Crippen molar-refractivity contribution in [2.24, 2.45) is 0 Å². The Labute approximate surface area is 113 Å². The highest BCUT2D eigenvalue weighted by atomic mass is 16.3. The van der Waals surface area contributed by atoms with Crippen molar-refractivity contribution in [3.8, 4) is 0 Å². The van der Waals surface area contributed by atoms with Gasteiger partial charge in [-0.3, -0.25) is 0 Å². The molecule has 2 aliphatic carbocycles. The first-order valence-corrected chi connectivity index (χ1v) is 7.30. The van der Waals surface area contributed by atoms with Crippen LogP contribution in [0.3, 0.4) is 0 Å². The Morgan fingerprint density at radius 3 is 2.63 bits per heavy atom. The molecule has 2 fully saturated rings. The highest BCUT2D eigenvalue weighted by Gasteiger charge is 2.30. The Bertz CT molecular complexity index is 443. The molecule has 3 rings (SSSR count). The smallest absolute Gasteiger partial charge is 0.136 e. The molecule has 104 valence electrons. The first-order chi connectivity index (χ1) is 9.28. The first-order valence-electron chi connectivity index (χ1n) is 7.30. The summed E-state index contributed by atoms with van der Waals surface area (Å²) >= 11 is 0. The maximum atomic E-state index is 9.06. The summed E-state index contributed by atoms with van der Waals surface area (Å²) < 4.78 is 0. The van der Waals surface area contributed by atoms with Gasteiger partial charge in [0.1, 0.15) is 17.5 Å². The number of nitrogens with two attached hydrogens (primary N) is 1. The van der Waals surface area contributed by atoms with E-state index in [9.17, 15) is 0 Å². The van der Waals surface area contributed by atoms with E-state index in [4.69, 9.17) is 15.8 Å². The zero-order valence-electron chi connectivity index (χ0n) is 11.3. The second kappa shape index (κ2) is 5.33. The second-order valence-corrected chi connectivity index (χ2v) is 5.64. The molecule has 0 bridgehead atoms. The number of anilines is 2. The van der Waals surface area contributed by atoms with E-state index in [1.807, 2.05) is 6.07 Å². The fraction of sp³-hybridized carbons (Fsp3) is 0.714. The lowest BCUT2D eigenvalue weighted by Gasteiger charge is -2.38. The second-order valence-electron chi connectivity index (χ2n) is 5.64. The molecule has 3 N–H and O–H groups in total. The molecule has 0 amide bonds. The van der Waals surface area contributed by atoms with Gasteiger partial charge < -0.3 is 15.7 Å². The van der Waals surface area contributed by atoms with Crippen LogP contribution < -0.4 is 10.6 Å².